The number of ether oxygens (including phenoxy) is 1. The third kappa shape index (κ3) is 2.95. The predicted molar refractivity (Wildman–Crippen MR) is 79.7 cm³/mol. The van der Waals surface area contributed by atoms with Crippen LogP contribution < -0.4 is 10.1 Å². The van der Waals surface area contributed by atoms with Gasteiger partial charge in [-0.2, -0.15) is 9.36 Å². The van der Waals surface area contributed by atoms with Gasteiger partial charge in [-0.05, 0) is 18.6 Å². The van der Waals surface area contributed by atoms with Gasteiger partial charge in [0.05, 0.1) is 19.5 Å². The summed E-state index contributed by atoms with van der Waals surface area (Å²) >= 11 is 1.25. The van der Waals surface area contributed by atoms with Gasteiger partial charge in [-0.25, -0.2) is 15.0 Å². The molecule has 0 aliphatic rings. The number of aromatic nitrogens is 5. The van der Waals surface area contributed by atoms with E-state index in [0.717, 1.165) is 11.4 Å². The maximum atomic E-state index is 4.97. The van der Waals surface area contributed by atoms with Gasteiger partial charge in [0.1, 0.15) is 11.5 Å². The monoisotopic (exact) mass is 300 g/mol. The molecule has 3 heterocycles. The summed E-state index contributed by atoms with van der Waals surface area (Å²) in [4.78, 5) is 16.9. The van der Waals surface area contributed by atoms with Gasteiger partial charge in [-0.1, -0.05) is 6.07 Å². The van der Waals surface area contributed by atoms with E-state index in [1.54, 1.807) is 19.5 Å². The van der Waals surface area contributed by atoms with E-state index in [9.17, 15) is 0 Å². The fourth-order valence-corrected chi connectivity index (χ4v) is 2.21. The van der Waals surface area contributed by atoms with Crippen molar-refractivity contribution in [2.45, 2.75) is 6.92 Å². The smallest absolute Gasteiger partial charge is 0.232 e. The van der Waals surface area contributed by atoms with E-state index < -0.39 is 0 Å². The van der Waals surface area contributed by atoms with Gasteiger partial charge < -0.3 is 10.1 Å². The van der Waals surface area contributed by atoms with Gasteiger partial charge in [0.25, 0.3) is 0 Å². The van der Waals surface area contributed by atoms with Crippen molar-refractivity contribution in [1.82, 2.24) is 24.3 Å². The lowest BCUT2D eigenvalue weighted by Gasteiger charge is -2.03. The second kappa shape index (κ2) is 5.80. The Morgan fingerprint density at radius 3 is 2.81 bits per heavy atom. The van der Waals surface area contributed by atoms with Crippen molar-refractivity contribution in [1.29, 1.82) is 0 Å². The van der Waals surface area contributed by atoms with Gasteiger partial charge >= 0.3 is 0 Å². The van der Waals surface area contributed by atoms with E-state index in [4.69, 9.17) is 4.74 Å². The molecule has 0 aliphatic heterocycles. The number of anilines is 2. The molecule has 0 atom stereocenters. The fraction of sp³-hybridized carbons (Fsp3) is 0.154. The Morgan fingerprint density at radius 1 is 1.19 bits per heavy atom. The van der Waals surface area contributed by atoms with Crippen LogP contribution in [0.1, 0.15) is 5.56 Å². The van der Waals surface area contributed by atoms with E-state index in [1.807, 2.05) is 19.1 Å². The second-order valence-corrected chi connectivity index (χ2v) is 4.91. The molecule has 0 spiro atoms. The van der Waals surface area contributed by atoms with Crippen LogP contribution in [0, 0.1) is 6.92 Å². The third-order valence-electron chi connectivity index (χ3n) is 2.73. The summed E-state index contributed by atoms with van der Waals surface area (Å²) in [6, 6.07) is 3.87. The summed E-state index contributed by atoms with van der Waals surface area (Å²) < 4.78 is 9.23. The maximum absolute atomic E-state index is 4.97. The van der Waals surface area contributed by atoms with Gasteiger partial charge in [0.2, 0.25) is 11.0 Å². The van der Waals surface area contributed by atoms with E-state index in [-0.39, 0.29) is 0 Å². The lowest BCUT2D eigenvalue weighted by molar-refractivity contribution is 0.396. The van der Waals surface area contributed by atoms with Crippen LogP contribution in [0.2, 0.25) is 0 Å². The first-order valence-corrected chi connectivity index (χ1v) is 6.92. The van der Waals surface area contributed by atoms with E-state index in [0.29, 0.717) is 22.5 Å². The topological polar surface area (TPSA) is 85.7 Å². The standard InChI is InChI=1S/C13H12N6OS/c1-8-4-3-5-14-11(8)17-13-18-12(19-21-13)9-6-16-10(20-2)7-15-9/h3-7H,1-2H3,(H,14,17,18,19). The Morgan fingerprint density at radius 2 is 2.10 bits per heavy atom. The molecule has 1 N–H and O–H groups in total. The Bertz CT molecular complexity index is 742. The summed E-state index contributed by atoms with van der Waals surface area (Å²) in [5, 5.41) is 3.80. The first kappa shape index (κ1) is 13.4. The molecule has 7 nitrogen and oxygen atoms in total. The molecule has 0 radical (unpaired) electrons. The minimum absolute atomic E-state index is 0.455. The number of pyridine rings is 1. The highest BCUT2D eigenvalue weighted by molar-refractivity contribution is 7.09. The summed E-state index contributed by atoms with van der Waals surface area (Å²) in [6.07, 6.45) is 4.84. The number of nitrogens with zero attached hydrogens (tertiary/aromatic N) is 5. The van der Waals surface area contributed by atoms with E-state index in [1.165, 1.54) is 17.7 Å². The summed E-state index contributed by atoms with van der Waals surface area (Å²) in [5.41, 5.74) is 1.64. The van der Waals surface area contributed by atoms with Gasteiger partial charge in [-0.15, -0.1) is 0 Å². The van der Waals surface area contributed by atoms with Gasteiger partial charge in [0.15, 0.2) is 5.82 Å². The normalized spacial score (nSPS) is 10.4. The minimum Gasteiger partial charge on any atom is -0.480 e. The van der Waals surface area contributed by atoms with Crippen molar-refractivity contribution in [3.05, 3.63) is 36.3 Å². The van der Waals surface area contributed by atoms with Crippen LogP contribution in [-0.2, 0) is 0 Å². The van der Waals surface area contributed by atoms with E-state index in [2.05, 4.69) is 29.6 Å². The third-order valence-corrected chi connectivity index (χ3v) is 3.36. The number of hydrogen-bond acceptors (Lipinski definition) is 8. The zero-order chi connectivity index (χ0) is 14.7. The van der Waals surface area contributed by atoms with Crippen molar-refractivity contribution < 1.29 is 4.74 Å². The number of hydrogen-bond donors (Lipinski definition) is 1. The fourth-order valence-electron chi connectivity index (χ4n) is 1.63. The Balaban J connectivity index is 1.81. The molecular formula is C13H12N6OS. The lowest BCUT2D eigenvalue weighted by atomic mass is 10.3. The Hall–Kier alpha value is -2.61. The van der Waals surface area contributed by atoms with Crippen LogP contribution in [0.3, 0.4) is 0 Å². The molecule has 0 saturated heterocycles. The molecule has 8 heteroatoms. The molecule has 0 amide bonds. The molecule has 106 valence electrons. The SMILES string of the molecule is COc1cnc(-c2nsc(Nc3ncccc3C)n2)cn1. The highest BCUT2D eigenvalue weighted by atomic mass is 32.1. The molecule has 3 aromatic heterocycles. The number of aryl methyl sites for hydroxylation is 1. The molecule has 0 unspecified atom stereocenters. The predicted octanol–water partition coefficient (Wildman–Crippen LogP) is 2.45. The average Bonchev–Trinajstić information content (AvgIpc) is 2.98. The highest BCUT2D eigenvalue weighted by Gasteiger charge is 2.10. The van der Waals surface area contributed by atoms with Crippen molar-refractivity contribution in [2.24, 2.45) is 0 Å². The molecule has 3 aromatic rings. The van der Waals surface area contributed by atoms with Crippen molar-refractivity contribution in [3.63, 3.8) is 0 Å². The molecule has 0 bridgehead atoms. The molecule has 3 rings (SSSR count). The molecule has 0 aliphatic carbocycles. The zero-order valence-corrected chi connectivity index (χ0v) is 12.3. The van der Waals surface area contributed by atoms with Crippen LogP contribution in [-0.4, -0.2) is 31.4 Å². The summed E-state index contributed by atoms with van der Waals surface area (Å²) in [5.74, 6) is 1.74. The molecule has 0 saturated carbocycles. The van der Waals surface area contributed by atoms with Crippen LogP contribution in [0.5, 0.6) is 5.88 Å². The minimum atomic E-state index is 0.455. The average molecular weight is 300 g/mol. The van der Waals surface area contributed by atoms with Crippen LogP contribution in [0.15, 0.2) is 30.7 Å². The molecular weight excluding hydrogens is 288 g/mol. The highest BCUT2D eigenvalue weighted by Crippen LogP contribution is 2.23. The van der Waals surface area contributed by atoms with Crippen molar-refractivity contribution in [2.75, 3.05) is 12.4 Å². The molecule has 21 heavy (non-hydrogen) atoms. The molecule has 0 aromatic carbocycles. The molecule has 0 fully saturated rings. The van der Waals surface area contributed by atoms with Crippen molar-refractivity contribution >= 4 is 22.5 Å². The maximum Gasteiger partial charge on any atom is 0.232 e. The first-order valence-electron chi connectivity index (χ1n) is 6.15. The van der Waals surface area contributed by atoms with Crippen molar-refractivity contribution in [3.8, 4) is 17.4 Å². The van der Waals surface area contributed by atoms with Crippen LogP contribution >= 0.6 is 11.5 Å². The number of nitrogens with one attached hydrogen (secondary N) is 1. The largest absolute Gasteiger partial charge is 0.480 e. The Kier molecular flexibility index (Phi) is 3.69. The lowest BCUT2D eigenvalue weighted by Crippen LogP contribution is -1.95. The zero-order valence-electron chi connectivity index (χ0n) is 11.4. The second-order valence-electron chi connectivity index (χ2n) is 4.16. The van der Waals surface area contributed by atoms with Gasteiger partial charge in [-0.3, -0.25) is 0 Å². The summed E-state index contributed by atoms with van der Waals surface area (Å²) in [6.45, 7) is 1.98. The quantitative estimate of drug-likeness (QED) is 0.792. The van der Waals surface area contributed by atoms with Crippen LogP contribution in [0.25, 0.3) is 11.5 Å². The Labute approximate surface area is 125 Å². The summed E-state index contributed by atoms with van der Waals surface area (Å²) in [7, 11) is 1.54. The number of methoxy groups -OCH3 is 1. The van der Waals surface area contributed by atoms with E-state index >= 15 is 0 Å². The van der Waals surface area contributed by atoms with Crippen LogP contribution in [0.4, 0.5) is 10.9 Å². The first-order chi connectivity index (χ1) is 10.3. The number of rotatable bonds is 4. The van der Waals surface area contributed by atoms with Gasteiger partial charge in [0, 0.05) is 17.7 Å².